The smallest absolute Gasteiger partial charge is 0.161 e. The molecule has 0 saturated carbocycles. The van der Waals surface area contributed by atoms with Crippen molar-refractivity contribution in [3.05, 3.63) is 48.0 Å². The van der Waals surface area contributed by atoms with Gasteiger partial charge in [0.05, 0.1) is 26.0 Å². The SMILES string of the molecule is COc1ccccc1NCc1ccc(OC)c(OC(C)C)c1. The van der Waals surface area contributed by atoms with Gasteiger partial charge in [-0.1, -0.05) is 18.2 Å². The van der Waals surface area contributed by atoms with E-state index in [4.69, 9.17) is 14.2 Å². The van der Waals surface area contributed by atoms with E-state index in [1.54, 1.807) is 14.2 Å². The zero-order valence-electron chi connectivity index (χ0n) is 13.6. The molecule has 0 atom stereocenters. The number of anilines is 1. The van der Waals surface area contributed by atoms with Crippen LogP contribution in [-0.2, 0) is 6.54 Å². The van der Waals surface area contributed by atoms with Gasteiger partial charge in [0, 0.05) is 6.54 Å². The molecule has 0 aromatic heterocycles. The average Bonchev–Trinajstić information content (AvgIpc) is 2.52. The molecule has 0 unspecified atom stereocenters. The topological polar surface area (TPSA) is 39.7 Å². The van der Waals surface area contributed by atoms with E-state index in [2.05, 4.69) is 5.32 Å². The molecule has 0 bridgehead atoms. The molecule has 0 heterocycles. The minimum atomic E-state index is 0.103. The lowest BCUT2D eigenvalue weighted by atomic mass is 10.2. The standard InChI is InChI=1S/C18H23NO3/c1-13(2)22-18-11-14(9-10-17(18)21-4)12-19-15-7-5-6-8-16(15)20-3/h5-11,13,19H,12H2,1-4H3. The first-order chi connectivity index (χ1) is 10.6. The van der Waals surface area contributed by atoms with Crippen LogP contribution in [0, 0.1) is 0 Å². The molecule has 0 aliphatic carbocycles. The Balaban J connectivity index is 2.12. The molecule has 0 saturated heterocycles. The minimum Gasteiger partial charge on any atom is -0.495 e. The van der Waals surface area contributed by atoms with E-state index in [1.807, 2.05) is 56.3 Å². The maximum absolute atomic E-state index is 5.80. The van der Waals surface area contributed by atoms with Crippen LogP contribution in [0.1, 0.15) is 19.4 Å². The van der Waals surface area contributed by atoms with E-state index >= 15 is 0 Å². The number of nitrogens with one attached hydrogen (secondary N) is 1. The van der Waals surface area contributed by atoms with Gasteiger partial charge in [-0.05, 0) is 43.7 Å². The molecule has 2 rings (SSSR count). The zero-order valence-corrected chi connectivity index (χ0v) is 13.6. The first-order valence-corrected chi connectivity index (χ1v) is 7.34. The van der Waals surface area contributed by atoms with Gasteiger partial charge in [0.25, 0.3) is 0 Å². The third-order valence-electron chi connectivity index (χ3n) is 3.18. The van der Waals surface area contributed by atoms with Crippen molar-refractivity contribution in [2.24, 2.45) is 0 Å². The Labute approximate surface area is 132 Å². The second-order valence-electron chi connectivity index (χ2n) is 5.21. The molecule has 0 amide bonds. The van der Waals surface area contributed by atoms with Crippen LogP contribution in [0.5, 0.6) is 17.2 Å². The fourth-order valence-corrected chi connectivity index (χ4v) is 2.17. The quantitative estimate of drug-likeness (QED) is 0.835. The fraction of sp³-hybridized carbons (Fsp3) is 0.333. The molecule has 4 nitrogen and oxygen atoms in total. The molecule has 118 valence electrons. The van der Waals surface area contributed by atoms with Crippen molar-refractivity contribution in [3.8, 4) is 17.2 Å². The molecule has 1 N–H and O–H groups in total. The first-order valence-electron chi connectivity index (χ1n) is 7.34. The van der Waals surface area contributed by atoms with E-state index in [0.29, 0.717) is 6.54 Å². The minimum absolute atomic E-state index is 0.103. The molecular formula is C18H23NO3. The van der Waals surface area contributed by atoms with Crippen LogP contribution in [0.3, 0.4) is 0 Å². The van der Waals surface area contributed by atoms with Crippen molar-refractivity contribution in [2.75, 3.05) is 19.5 Å². The van der Waals surface area contributed by atoms with E-state index < -0.39 is 0 Å². The number of methoxy groups -OCH3 is 2. The summed E-state index contributed by atoms with van der Waals surface area (Å²) in [5, 5.41) is 3.38. The molecule has 2 aromatic carbocycles. The van der Waals surface area contributed by atoms with Gasteiger partial charge in [0.15, 0.2) is 11.5 Å². The molecule has 2 aromatic rings. The van der Waals surface area contributed by atoms with Crippen LogP contribution in [0.2, 0.25) is 0 Å². The summed E-state index contributed by atoms with van der Waals surface area (Å²) < 4.78 is 16.5. The van der Waals surface area contributed by atoms with E-state index in [1.165, 1.54) is 0 Å². The summed E-state index contributed by atoms with van der Waals surface area (Å²) >= 11 is 0. The highest BCUT2D eigenvalue weighted by Gasteiger charge is 2.08. The van der Waals surface area contributed by atoms with Gasteiger partial charge in [-0.2, -0.15) is 0 Å². The Morgan fingerprint density at radius 3 is 2.32 bits per heavy atom. The van der Waals surface area contributed by atoms with Gasteiger partial charge in [0.1, 0.15) is 5.75 Å². The molecule has 0 aliphatic heterocycles. The Kier molecular flexibility index (Phi) is 5.53. The van der Waals surface area contributed by atoms with Gasteiger partial charge in [-0.3, -0.25) is 0 Å². The number of para-hydroxylation sites is 2. The monoisotopic (exact) mass is 301 g/mol. The highest BCUT2D eigenvalue weighted by atomic mass is 16.5. The Bertz CT molecular complexity index is 611. The number of hydrogen-bond acceptors (Lipinski definition) is 4. The second-order valence-corrected chi connectivity index (χ2v) is 5.21. The summed E-state index contributed by atoms with van der Waals surface area (Å²) in [5.74, 6) is 2.33. The molecule has 0 fully saturated rings. The Hall–Kier alpha value is -2.36. The van der Waals surface area contributed by atoms with Crippen LogP contribution in [0.25, 0.3) is 0 Å². The molecular weight excluding hydrogens is 278 g/mol. The second kappa shape index (κ2) is 7.59. The number of hydrogen-bond donors (Lipinski definition) is 1. The number of rotatable bonds is 7. The first kappa shape index (κ1) is 16.0. The van der Waals surface area contributed by atoms with Crippen LogP contribution in [0.15, 0.2) is 42.5 Å². The maximum atomic E-state index is 5.80. The molecule has 4 heteroatoms. The predicted octanol–water partition coefficient (Wildman–Crippen LogP) is 4.10. The molecule has 0 aliphatic rings. The van der Waals surface area contributed by atoms with Crippen LogP contribution in [0.4, 0.5) is 5.69 Å². The molecule has 0 radical (unpaired) electrons. The summed E-state index contributed by atoms with van der Waals surface area (Å²) in [7, 11) is 3.32. The normalized spacial score (nSPS) is 10.4. The van der Waals surface area contributed by atoms with Crippen molar-refractivity contribution >= 4 is 5.69 Å². The third kappa shape index (κ3) is 4.07. The highest BCUT2D eigenvalue weighted by molar-refractivity contribution is 5.56. The fourth-order valence-electron chi connectivity index (χ4n) is 2.17. The summed E-state index contributed by atoms with van der Waals surface area (Å²) in [5.41, 5.74) is 2.08. The predicted molar refractivity (Wildman–Crippen MR) is 89.1 cm³/mol. The number of benzene rings is 2. The average molecular weight is 301 g/mol. The summed E-state index contributed by atoms with van der Waals surface area (Å²) in [4.78, 5) is 0. The molecule has 22 heavy (non-hydrogen) atoms. The Morgan fingerprint density at radius 2 is 1.64 bits per heavy atom. The lowest BCUT2D eigenvalue weighted by molar-refractivity contribution is 0.230. The van der Waals surface area contributed by atoms with Gasteiger partial charge in [0.2, 0.25) is 0 Å². The van der Waals surface area contributed by atoms with Gasteiger partial charge >= 0.3 is 0 Å². The van der Waals surface area contributed by atoms with Crippen molar-refractivity contribution < 1.29 is 14.2 Å². The lowest BCUT2D eigenvalue weighted by Gasteiger charge is -2.16. The largest absolute Gasteiger partial charge is 0.495 e. The maximum Gasteiger partial charge on any atom is 0.161 e. The summed E-state index contributed by atoms with van der Waals surface area (Å²) in [6, 6.07) is 13.8. The van der Waals surface area contributed by atoms with Crippen molar-refractivity contribution in [1.29, 1.82) is 0 Å². The third-order valence-corrected chi connectivity index (χ3v) is 3.18. The zero-order chi connectivity index (χ0) is 15.9. The van der Waals surface area contributed by atoms with Crippen LogP contribution < -0.4 is 19.5 Å². The van der Waals surface area contributed by atoms with Gasteiger partial charge in [-0.25, -0.2) is 0 Å². The van der Waals surface area contributed by atoms with Gasteiger partial charge in [-0.15, -0.1) is 0 Å². The highest BCUT2D eigenvalue weighted by Crippen LogP contribution is 2.30. The van der Waals surface area contributed by atoms with Crippen LogP contribution in [-0.4, -0.2) is 20.3 Å². The Morgan fingerprint density at radius 1 is 0.909 bits per heavy atom. The molecule has 0 spiro atoms. The van der Waals surface area contributed by atoms with Gasteiger partial charge < -0.3 is 19.5 Å². The van der Waals surface area contributed by atoms with Crippen molar-refractivity contribution in [3.63, 3.8) is 0 Å². The van der Waals surface area contributed by atoms with E-state index in [-0.39, 0.29) is 6.10 Å². The van der Waals surface area contributed by atoms with Crippen molar-refractivity contribution in [2.45, 2.75) is 26.5 Å². The summed E-state index contributed by atoms with van der Waals surface area (Å²) in [6.07, 6.45) is 0.103. The number of ether oxygens (including phenoxy) is 3. The van der Waals surface area contributed by atoms with Crippen molar-refractivity contribution in [1.82, 2.24) is 0 Å². The van der Waals surface area contributed by atoms with Crippen LogP contribution >= 0.6 is 0 Å². The van der Waals surface area contributed by atoms with E-state index in [0.717, 1.165) is 28.5 Å². The summed E-state index contributed by atoms with van der Waals surface area (Å²) in [6.45, 7) is 4.68. The lowest BCUT2D eigenvalue weighted by Crippen LogP contribution is -2.08. The van der Waals surface area contributed by atoms with E-state index in [9.17, 15) is 0 Å².